The van der Waals surface area contributed by atoms with E-state index in [1.165, 1.54) is 4.31 Å². The molecule has 7 nitrogen and oxygen atoms in total. The first-order valence-corrected chi connectivity index (χ1v) is 11.3. The molecule has 0 aromatic heterocycles. The molecule has 4 rings (SSSR count). The van der Waals surface area contributed by atoms with Gasteiger partial charge in [0.2, 0.25) is 6.79 Å². The summed E-state index contributed by atoms with van der Waals surface area (Å²) in [6.45, 7) is 0.752. The van der Waals surface area contributed by atoms with E-state index >= 15 is 0 Å². The Bertz CT molecular complexity index is 1140. The van der Waals surface area contributed by atoms with Crippen LogP contribution in [-0.4, -0.2) is 28.0 Å². The van der Waals surface area contributed by atoms with Gasteiger partial charge in [-0.1, -0.05) is 35.9 Å². The predicted octanol–water partition coefficient (Wildman–Crippen LogP) is 3.84. The Morgan fingerprint density at radius 1 is 1.06 bits per heavy atom. The molecule has 1 aliphatic rings. The third-order valence-corrected chi connectivity index (χ3v) is 6.15. The van der Waals surface area contributed by atoms with Crippen molar-refractivity contribution in [1.82, 2.24) is 5.32 Å². The van der Waals surface area contributed by atoms with Crippen LogP contribution in [0.4, 0.5) is 5.69 Å². The summed E-state index contributed by atoms with van der Waals surface area (Å²) in [5, 5.41) is 3.44. The number of ether oxygens (including phenoxy) is 2. The quantitative estimate of drug-likeness (QED) is 0.504. The number of anilines is 1. The zero-order valence-electron chi connectivity index (χ0n) is 17.0. The number of fused-ring (bicyclic) bond motifs is 1. The van der Waals surface area contributed by atoms with E-state index in [4.69, 9.17) is 21.1 Å². The molecule has 32 heavy (non-hydrogen) atoms. The minimum atomic E-state index is -2.46. The van der Waals surface area contributed by atoms with Gasteiger partial charge in [-0.2, -0.15) is 0 Å². The second kappa shape index (κ2) is 10.0. The summed E-state index contributed by atoms with van der Waals surface area (Å²) in [6, 6.07) is 19.2. The molecule has 0 radical (unpaired) electrons. The first kappa shape index (κ1) is 22.1. The number of halogens is 1. The highest BCUT2D eigenvalue weighted by atomic mass is 35.5. The smallest absolute Gasteiger partial charge is 0.251 e. The number of hydrogen-bond acceptors (Lipinski definition) is 5. The molecule has 0 saturated heterocycles. The largest absolute Gasteiger partial charge is 0.755 e. The summed E-state index contributed by atoms with van der Waals surface area (Å²) in [6.07, 6.45) is 0.464. The van der Waals surface area contributed by atoms with Crippen molar-refractivity contribution in [3.8, 4) is 11.5 Å². The normalized spacial score (nSPS) is 12.9. The standard InChI is InChI=1S/C23H21ClN2O5S/c24-20-4-2-1-3-17(20)11-12-26(32(28)29)19-8-6-18(7-9-19)23(27)25-14-16-5-10-21-22(13-16)31-15-30-21/h1-10,13H,11-12,14-15H2,(H,25,27)(H,28,29)/p-1. The van der Waals surface area contributed by atoms with E-state index in [1.54, 1.807) is 36.4 Å². The zero-order chi connectivity index (χ0) is 22.5. The van der Waals surface area contributed by atoms with Gasteiger partial charge in [0.1, 0.15) is 0 Å². The lowest BCUT2D eigenvalue weighted by molar-refractivity contribution is 0.0951. The molecule has 0 saturated carbocycles. The maximum atomic E-state index is 12.5. The molecule has 166 valence electrons. The molecular weight excluding hydrogens is 452 g/mol. The summed E-state index contributed by atoms with van der Waals surface area (Å²) in [5.74, 6) is 1.08. The van der Waals surface area contributed by atoms with E-state index in [2.05, 4.69) is 5.32 Å². The zero-order valence-corrected chi connectivity index (χ0v) is 18.5. The minimum absolute atomic E-state index is 0.195. The summed E-state index contributed by atoms with van der Waals surface area (Å²) in [5.41, 5.74) is 2.64. The highest BCUT2D eigenvalue weighted by molar-refractivity contribution is 7.80. The van der Waals surface area contributed by atoms with E-state index in [1.807, 2.05) is 30.3 Å². The molecule has 0 bridgehead atoms. The van der Waals surface area contributed by atoms with E-state index in [0.717, 1.165) is 11.1 Å². The van der Waals surface area contributed by atoms with Crippen LogP contribution in [0.15, 0.2) is 66.7 Å². The van der Waals surface area contributed by atoms with Gasteiger partial charge in [-0.25, -0.2) is 0 Å². The summed E-state index contributed by atoms with van der Waals surface area (Å²) in [4.78, 5) is 12.5. The van der Waals surface area contributed by atoms with Crippen LogP contribution in [0.1, 0.15) is 21.5 Å². The molecular formula is C23H20ClN2O5S-. The van der Waals surface area contributed by atoms with E-state index in [0.29, 0.717) is 40.7 Å². The molecule has 0 fully saturated rings. The van der Waals surface area contributed by atoms with Gasteiger partial charge in [-0.15, -0.1) is 0 Å². The Morgan fingerprint density at radius 2 is 1.81 bits per heavy atom. The van der Waals surface area contributed by atoms with Gasteiger partial charge >= 0.3 is 0 Å². The van der Waals surface area contributed by atoms with Crippen LogP contribution in [0.5, 0.6) is 11.5 Å². The van der Waals surface area contributed by atoms with Crippen molar-refractivity contribution in [3.63, 3.8) is 0 Å². The molecule has 1 amide bonds. The fourth-order valence-electron chi connectivity index (χ4n) is 3.33. The van der Waals surface area contributed by atoms with Crippen molar-refractivity contribution >= 4 is 34.5 Å². The Morgan fingerprint density at radius 3 is 2.56 bits per heavy atom. The number of nitrogens with one attached hydrogen (secondary N) is 1. The topological polar surface area (TPSA) is 90.9 Å². The number of nitrogens with zero attached hydrogens (tertiary/aromatic N) is 1. The van der Waals surface area contributed by atoms with Crippen LogP contribution >= 0.6 is 11.6 Å². The number of amides is 1. The SMILES string of the molecule is O=C(NCc1ccc2c(c1)OCO2)c1ccc(N(CCc2ccccc2Cl)S(=O)[O-])cc1. The van der Waals surface area contributed by atoms with E-state index in [9.17, 15) is 13.6 Å². The van der Waals surface area contributed by atoms with E-state index < -0.39 is 11.3 Å². The lowest BCUT2D eigenvalue weighted by Crippen LogP contribution is -2.28. The molecule has 1 atom stereocenters. The molecule has 9 heteroatoms. The molecule has 0 aliphatic carbocycles. The van der Waals surface area contributed by atoms with Gasteiger partial charge in [0.15, 0.2) is 11.5 Å². The fraction of sp³-hybridized carbons (Fsp3) is 0.174. The fourth-order valence-corrected chi connectivity index (χ4v) is 4.09. The number of carbonyl (C=O) groups is 1. The van der Waals surface area contributed by atoms with Gasteiger partial charge in [0, 0.05) is 40.6 Å². The van der Waals surface area contributed by atoms with Crippen molar-refractivity contribution in [2.75, 3.05) is 17.6 Å². The molecule has 3 aromatic rings. The highest BCUT2D eigenvalue weighted by Gasteiger charge is 2.14. The molecule has 1 unspecified atom stereocenters. The lowest BCUT2D eigenvalue weighted by atomic mass is 10.1. The maximum absolute atomic E-state index is 12.5. The Labute approximate surface area is 193 Å². The second-order valence-electron chi connectivity index (χ2n) is 7.08. The average Bonchev–Trinajstić information content (AvgIpc) is 3.27. The van der Waals surface area contributed by atoms with Crippen LogP contribution < -0.4 is 19.1 Å². The van der Waals surface area contributed by atoms with Crippen molar-refractivity contribution in [3.05, 3.63) is 88.4 Å². The molecule has 1 heterocycles. The van der Waals surface area contributed by atoms with Gasteiger partial charge in [-0.3, -0.25) is 9.00 Å². The van der Waals surface area contributed by atoms with E-state index in [-0.39, 0.29) is 19.2 Å². The van der Waals surface area contributed by atoms with Crippen LogP contribution in [0, 0.1) is 0 Å². The third-order valence-electron chi connectivity index (χ3n) is 5.03. The average molecular weight is 472 g/mol. The molecule has 0 spiro atoms. The number of benzene rings is 3. The van der Waals surface area contributed by atoms with Crippen molar-refractivity contribution in [2.24, 2.45) is 0 Å². The van der Waals surface area contributed by atoms with Gasteiger partial charge in [-0.05, 0) is 60.0 Å². The minimum Gasteiger partial charge on any atom is -0.755 e. The van der Waals surface area contributed by atoms with Crippen molar-refractivity contribution < 1.29 is 23.0 Å². The van der Waals surface area contributed by atoms with Gasteiger partial charge < -0.3 is 23.6 Å². The van der Waals surface area contributed by atoms with Gasteiger partial charge in [0.25, 0.3) is 5.91 Å². The van der Waals surface area contributed by atoms with Crippen molar-refractivity contribution in [2.45, 2.75) is 13.0 Å². The highest BCUT2D eigenvalue weighted by Crippen LogP contribution is 2.32. The summed E-state index contributed by atoms with van der Waals surface area (Å²) in [7, 11) is 0. The number of carbonyl (C=O) groups excluding carboxylic acids is 1. The first-order chi connectivity index (χ1) is 15.5. The second-order valence-corrected chi connectivity index (χ2v) is 8.36. The predicted molar refractivity (Wildman–Crippen MR) is 122 cm³/mol. The molecule has 1 N–H and O–H groups in total. The Kier molecular flexibility index (Phi) is 6.94. The monoisotopic (exact) mass is 471 g/mol. The number of hydrogen-bond donors (Lipinski definition) is 1. The molecule has 1 aliphatic heterocycles. The Balaban J connectivity index is 1.37. The van der Waals surface area contributed by atoms with Crippen LogP contribution in [0.3, 0.4) is 0 Å². The van der Waals surface area contributed by atoms with Crippen LogP contribution in [-0.2, 0) is 24.2 Å². The van der Waals surface area contributed by atoms with Crippen LogP contribution in [0.25, 0.3) is 0 Å². The number of rotatable bonds is 8. The van der Waals surface area contributed by atoms with Crippen molar-refractivity contribution in [1.29, 1.82) is 0 Å². The molecule has 3 aromatic carbocycles. The van der Waals surface area contributed by atoms with Crippen LogP contribution in [0.2, 0.25) is 5.02 Å². The first-order valence-electron chi connectivity index (χ1n) is 9.88. The summed E-state index contributed by atoms with van der Waals surface area (Å²) < 4.78 is 35.4. The van der Waals surface area contributed by atoms with Gasteiger partial charge in [0.05, 0.1) is 0 Å². The summed E-state index contributed by atoms with van der Waals surface area (Å²) >= 11 is 3.70. The Hall–Kier alpha value is -3.07. The lowest BCUT2D eigenvalue weighted by Gasteiger charge is -2.26. The maximum Gasteiger partial charge on any atom is 0.251 e. The third kappa shape index (κ3) is 5.21.